The Morgan fingerprint density at radius 2 is 2.00 bits per heavy atom. The largest absolute Gasteiger partial charge is 0.497 e. The van der Waals surface area contributed by atoms with E-state index in [9.17, 15) is 0 Å². The number of rotatable bonds is 6. The average Bonchev–Trinajstić information content (AvgIpc) is 3.11. The Morgan fingerprint density at radius 1 is 1.22 bits per heavy atom. The molecule has 2 heterocycles. The van der Waals surface area contributed by atoms with Crippen molar-refractivity contribution in [2.24, 2.45) is 0 Å². The fourth-order valence-electron chi connectivity index (χ4n) is 1.95. The SMILES string of the molecule is COc1ccc(/C=C/c2nn3c(CSC(C)C)nnc3s2)cc1. The number of aromatic nitrogens is 4. The van der Waals surface area contributed by atoms with Crippen molar-refractivity contribution in [3.05, 3.63) is 40.7 Å². The van der Waals surface area contributed by atoms with E-state index in [2.05, 4.69) is 29.1 Å². The van der Waals surface area contributed by atoms with Gasteiger partial charge in [0.2, 0.25) is 4.96 Å². The van der Waals surface area contributed by atoms with Gasteiger partial charge in [-0.3, -0.25) is 0 Å². The van der Waals surface area contributed by atoms with Crippen LogP contribution in [0.4, 0.5) is 0 Å². The van der Waals surface area contributed by atoms with E-state index in [0.717, 1.165) is 32.9 Å². The van der Waals surface area contributed by atoms with E-state index >= 15 is 0 Å². The number of hydrogen-bond acceptors (Lipinski definition) is 6. The molecule has 0 bridgehead atoms. The zero-order valence-electron chi connectivity index (χ0n) is 13.3. The van der Waals surface area contributed by atoms with E-state index in [1.54, 1.807) is 7.11 Å². The van der Waals surface area contributed by atoms with Crippen LogP contribution in [0, 0.1) is 0 Å². The Labute approximate surface area is 143 Å². The first kappa shape index (κ1) is 16.0. The predicted molar refractivity (Wildman–Crippen MR) is 97.0 cm³/mol. The first-order chi connectivity index (χ1) is 11.2. The normalized spacial score (nSPS) is 11.8. The maximum Gasteiger partial charge on any atom is 0.234 e. The quantitative estimate of drug-likeness (QED) is 0.675. The molecule has 120 valence electrons. The Balaban J connectivity index is 1.76. The second-order valence-electron chi connectivity index (χ2n) is 5.22. The van der Waals surface area contributed by atoms with Crippen molar-refractivity contribution in [1.82, 2.24) is 19.8 Å². The molecular formula is C16H18N4OS2. The number of methoxy groups -OCH3 is 1. The lowest BCUT2D eigenvalue weighted by Gasteiger charge is -2.00. The third kappa shape index (κ3) is 3.92. The molecule has 0 fully saturated rings. The van der Waals surface area contributed by atoms with Gasteiger partial charge in [0.05, 0.1) is 12.9 Å². The Kier molecular flexibility index (Phi) is 4.97. The van der Waals surface area contributed by atoms with Gasteiger partial charge in [0.25, 0.3) is 0 Å². The van der Waals surface area contributed by atoms with Gasteiger partial charge < -0.3 is 4.74 Å². The second-order valence-corrected chi connectivity index (χ2v) is 7.77. The van der Waals surface area contributed by atoms with Gasteiger partial charge in [-0.15, -0.1) is 10.2 Å². The van der Waals surface area contributed by atoms with Gasteiger partial charge in [0, 0.05) is 0 Å². The molecule has 0 radical (unpaired) electrons. The fraction of sp³-hybridized carbons (Fsp3) is 0.312. The Morgan fingerprint density at radius 3 is 2.70 bits per heavy atom. The van der Waals surface area contributed by atoms with Crippen LogP contribution in [0.2, 0.25) is 0 Å². The third-order valence-corrected chi connectivity index (χ3v) is 5.11. The van der Waals surface area contributed by atoms with E-state index in [4.69, 9.17) is 4.74 Å². The molecular weight excluding hydrogens is 328 g/mol. The molecule has 0 saturated carbocycles. The summed E-state index contributed by atoms with van der Waals surface area (Å²) < 4.78 is 7.00. The minimum absolute atomic E-state index is 0.565. The summed E-state index contributed by atoms with van der Waals surface area (Å²) in [6.45, 7) is 4.35. The monoisotopic (exact) mass is 346 g/mol. The Hall–Kier alpha value is -1.86. The van der Waals surface area contributed by atoms with E-state index in [0.29, 0.717) is 5.25 Å². The predicted octanol–water partition coefficient (Wildman–Crippen LogP) is 4.01. The lowest BCUT2D eigenvalue weighted by molar-refractivity contribution is 0.415. The van der Waals surface area contributed by atoms with Crippen LogP contribution in [0.15, 0.2) is 24.3 Å². The molecule has 0 amide bonds. The zero-order chi connectivity index (χ0) is 16.2. The van der Waals surface area contributed by atoms with Crippen LogP contribution < -0.4 is 4.74 Å². The molecule has 0 aliphatic heterocycles. The summed E-state index contributed by atoms with van der Waals surface area (Å²) in [5.74, 6) is 2.58. The number of nitrogens with zero attached hydrogens (tertiary/aromatic N) is 4. The molecule has 0 N–H and O–H groups in total. The van der Waals surface area contributed by atoms with Crippen LogP contribution in [-0.2, 0) is 5.75 Å². The fourth-order valence-corrected chi connectivity index (χ4v) is 3.38. The van der Waals surface area contributed by atoms with Gasteiger partial charge in [-0.05, 0) is 29.0 Å². The maximum atomic E-state index is 5.16. The van der Waals surface area contributed by atoms with Crippen molar-refractivity contribution in [3.8, 4) is 5.75 Å². The molecule has 7 heteroatoms. The van der Waals surface area contributed by atoms with E-state index in [1.165, 1.54) is 11.3 Å². The van der Waals surface area contributed by atoms with Crippen LogP contribution in [0.25, 0.3) is 17.1 Å². The Bertz CT molecular complexity index is 805. The molecule has 23 heavy (non-hydrogen) atoms. The first-order valence-electron chi connectivity index (χ1n) is 7.30. The van der Waals surface area contributed by atoms with Crippen molar-refractivity contribution in [1.29, 1.82) is 0 Å². The van der Waals surface area contributed by atoms with Crippen molar-refractivity contribution < 1.29 is 4.74 Å². The van der Waals surface area contributed by atoms with Crippen LogP contribution in [0.3, 0.4) is 0 Å². The van der Waals surface area contributed by atoms with Gasteiger partial charge in [0.15, 0.2) is 5.82 Å². The molecule has 1 aromatic carbocycles. The number of fused-ring (bicyclic) bond motifs is 1. The lowest BCUT2D eigenvalue weighted by atomic mass is 10.2. The summed E-state index contributed by atoms with van der Waals surface area (Å²) in [4.78, 5) is 0.832. The molecule has 0 atom stereocenters. The summed E-state index contributed by atoms with van der Waals surface area (Å²) >= 11 is 3.37. The summed E-state index contributed by atoms with van der Waals surface area (Å²) in [6, 6.07) is 7.92. The molecule has 5 nitrogen and oxygen atoms in total. The molecule has 2 aromatic heterocycles. The maximum absolute atomic E-state index is 5.16. The summed E-state index contributed by atoms with van der Waals surface area (Å²) in [5, 5.41) is 14.5. The van der Waals surface area contributed by atoms with Gasteiger partial charge in [0.1, 0.15) is 10.8 Å². The summed E-state index contributed by atoms with van der Waals surface area (Å²) in [7, 11) is 1.67. The van der Waals surface area contributed by atoms with E-state index in [-0.39, 0.29) is 0 Å². The van der Waals surface area contributed by atoms with Crippen molar-refractivity contribution >= 4 is 40.2 Å². The molecule has 3 rings (SSSR count). The van der Waals surface area contributed by atoms with Crippen LogP contribution in [0.1, 0.15) is 30.2 Å². The molecule has 0 unspecified atom stereocenters. The van der Waals surface area contributed by atoms with Crippen molar-refractivity contribution in [2.45, 2.75) is 24.9 Å². The van der Waals surface area contributed by atoms with Crippen LogP contribution in [-0.4, -0.2) is 32.2 Å². The van der Waals surface area contributed by atoms with Gasteiger partial charge >= 0.3 is 0 Å². The highest BCUT2D eigenvalue weighted by atomic mass is 32.2. The molecule has 0 saturated heterocycles. The number of hydrogen-bond donors (Lipinski definition) is 0. The number of ether oxygens (including phenoxy) is 1. The summed E-state index contributed by atoms with van der Waals surface area (Å²) in [6.07, 6.45) is 4.04. The standard InChI is InChI=1S/C16H18N4OS2/c1-11(2)22-10-14-17-18-16-20(14)19-15(23-16)9-6-12-4-7-13(21-3)8-5-12/h4-9,11H,10H2,1-3H3/b9-6+. The lowest BCUT2D eigenvalue weighted by Crippen LogP contribution is -1.96. The molecule has 3 aromatic rings. The number of benzene rings is 1. The van der Waals surface area contributed by atoms with Gasteiger partial charge in [-0.25, -0.2) is 0 Å². The molecule has 0 aliphatic carbocycles. The molecule has 0 spiro atoms. The van der Waals surface area contributed by atoms with Crippen LogP contribution >= 0.6 is 23.1 Å². The highest BCUT2D eigenvalue weighted by Gasteiger charge is 2.11. The molecule has 0 aliphatic rings. The first-order valence-corrected chi connectivity index (χ1v) is 9.17. The summed E-state index contributed by atoms with van der Waals surface area (Å²) in [5.41, 5.74) is 1.10. The average molecular weight is 346 g/mol. The minimum Gasteiger partial charge on any atom is -0.497 e. The van der Waals surface area contributed by atoms with E-state index in [1.807, 2.05) is 52.7 Å². The van der Waals surface area contributed by atoms with Crippen LogP contribution in [0.5, 0.6) is 5.75 Å². The minimum atomic E-state index is 0.565. The van der Waals surface area contributed by atoms with Crippen molar-refractivity contribution in [2.75, 3.05) is 7.11 Å². The van der Waals surface area contributed by atoms with Gasteiger partial charge in [-0.1, -0.05) is 43.4 Å². The van der Waals surface area contributed by atoms with Crippen molar-refractivity contribution in [3.63, 3.8) is 0 Å². The zero-order valence-corrected chi connectivity index (χ0v) is 14.9. The smallest absolute Gasteiger partial charge is 0.234 e. The van der Waals surface area contributed by atoms with E-state index < -0.39 is 0 Å². The third-order valence-electron chi connectivity index (χ3n) is 3.15. The van der Waals surface area contributed by atoms with Gasteiger partial charge in [-0.2, -0.15) is 21.4 Å². The topological polar surface area (TPSA) is 52.3 Å². The number of thioether (sulfide) groups is 1. The highest BCUT2D eigenvalue weighted by Crippen LogP contribution is 2.21. The second kappa shape index (κ2) is 7.14. The highest BCUT2D eigenvalue weighted by molar-refractivity contribution is 7.99.